The van der Waals surface area contributed by atoms with Gasteiger partial charge in [0.25, 0.3) is 0 Å². The standard InChI is InChI=1S/C14H16ClN3O4.C14H14ClN3O4.C2H6.CH4/c2*1-14(2)21-9-8(5-19)20-13(10(9)22-14)18-4-3-7-11(15)16-6-17-12(7)18;1-2;/h3-4,6,8-10,13,19H,5H2,1-2H3;3-6,8-10,13H,1-2H3;1-2H3;1H4/t2*8-,9-,10-,13-;;/m11../s1/i;;1D;. The number of hydrogen-bond acceptors (Lipinski definition) is 12. The Balaban J connectivity index is 0.000000171. The van der Waals surface area contributed by atoms with Crippen LogP contribution in [0, 0.1) is 0 Å². The molecule has 0 amide bonds. The fourth-order valence-electron chi connectivity index (χ4n) is 6.26. The molecule has 0 saturated carbocycles. The van der Waals surface area contributed by atoms with Crippen LogP contribution in [0.5, 0.6) is 0 Å². The van der Waals surface area contributed by atoms with Crippen LogP contribution in [-0.2, 0) is 33.2 Å². The molecule has 4 fully saturated rings. The number of carbonyl (C=O) groups is 1. The van der Waals surface area contributed by atoms with Crippen molar-refractivity contribution in [2.24, 2.45) is 0 Å². The molecule has 0 bridgehead atoms. The van der Waals surface area contributed by atoms with Gasteiger partial charge < -0.3 is 47.5 Å². The van der Waals surface area contributed by atoms with Gasteiger partial charge in [0.05, 0.1) is 17.4 Å². The van der Waals surface area contributed by atoms with Crippen LogP contribution in [0.4, 0.5) is 0 Å². The number of nitrogens with zero attached hydrogens (tertiary/aromatic N) is 6. The summed E-state index contributed by atoms with van der Waals surface area (Å²) in [5.74, 6) is -1.46. The molecular formula is C31H40Cl2N6O8. The number of aromatic nitrogens is 6. The van der Waals surface area contributed by atoms with Crippen molar-refractivity contribution in [3.63, 3.8) is 0 Å². The molecule has 8 rings (SSSR count). The van der Waals surface area contributed by atoms with Crippen LogP contribution in [0.25, 0.3) is 22.1 Å². The van der Waals surface area contributed by atoms with E-state index in [4.69, 9.17) is 53.0 Å². The summed E-state index contributed by atoms with van der Waals surface area (Å²) in [7, 11) is 0. The molecule has 4 saturated heterocycles. The molecule has 16 heteroatoms. The van der Waals surface area contributed by atoms with E-state index in [-0.39, 0.29) is 26.2 Å². The lowest BCUT2D eigenvalue weighted by Crippen LogP contribution is -2.31. The third-order valence-electron chi connectivity index (χ3n) is 7.97. The normalized spacial score (nSPS) is 31.6. The van der Waals surface area contributed by atoms with Crippen molar-refractivity contribution in [1.29, 1.82) is 0 Å². The summed E-state index contributed by atoms with van der Waals surface area (Å²) >= 11 is 12.2. The first kappa shape index (κ1) is 34.1. The van der Waals surface area contributed by atoms with Crippen molar-refractivity contribution in [2.45, 2.75) is 110 Å². The second kappa shape index (κ2) is 13.6. The van der Waals surface area contributed by atoms with E-state index >= 15 is 0 Å². The molecule has 0 unspecified atom stereocenters. The Kier molecular flexibility index (Phi) is 9.87. The van der Waals surface area contributed by atoms with Crippen molar-refractivity contribution < 1.29 is 39.7 Å². The fraction of sp³-hybridized carbons (Fsp3) is 0.581. The maximum atomic E-state index is 11.3. The smallest absolute Gasteiger partial charge is 0.165 e. The van der Waals surface area contributed by atoms with Crippen molar-refractivity contribution in [1.82, 2.24) is 29.1 Å². The summed E-state index contributed by atoms with van der Waals surface area (Å²) in [6.45, 7) is 9.49. The van der Waals surface area contributed by atoms with Gasteiger partial charge in [-0.15, -0.1) is 0 Å². The Morgan fingerprint density at radius 1 is 0.830 bits per heavy atom. The summed E-state index contributed by atoms with van der Waals surface area (Å²) < 4.78 is 45.1. The number of aldehydes is 1. The van der Waals surface area contributed by atoms with Crippen LogP contribution in [0.2, 0.25) is 10.3 Å². The van der Waals surface area contributed by atoms with Gasteiger partial charge >= 0.3 is 0 Å². The van der Waals surface area contributed by atoms with Gasteiger partial charge in [0.2, 0.25) is 0 Å². The van der Waals surface area contributed by atoms with Gasteiger partial charge in [0.1, 0.15) is 70.9 Å². The third kappa shape index (κ3) is 6.38. The van der Waals surface area contributed by atoms with E-state index in [1.807, 2.05) is 50.6 Å². The molecule has 0 radical (unpaired) electrons. The van der Waals surface area contributed by atoms with E-state index in [0.29, 0.717) is 28.5 Å². The fourth-order valence-corrected chi connectivity index (χ4v) is 6.64. The highest BCUT2D eigenvalue weighted by molar-refractivity contribution is 6.34. The number of carbonyl (C=O) groups excluding carboxylic acids is 1. The zero-order valence-corrected chi connectivity index (χ0v) is 27.3. The van der Waals surface area contributed by atoms with E-state index < -0.39 is 48.4 Å². The molecular weight excluding hydrogens is 655 g/mol. The Bertz CT molecular complexity index is 1740. The van der Waals surface area contributed by atoms with Gasteiger partial charge in [-0.1, -0.05) is 44.5 Å². The van der Waals surface area contributed by atoms with Crippen LogP contribution in [0.1, 0.15) is 62.8 Å². The SMILES string of the molecule is C.CC1(C)O[C@@H]2[C@H](O1)[C@@H](C=O)O[C@H]2n1ccc2c(Cl)ncnc21.CC1(C)O[C@@H]2[C@H](O1)[C@@H](CO)O[C@H]2n1ccc2c(Cl)ncnc21.[2H]CC. The lowest BCUT2D eigenvalue weighted by atomic mass is 10.1. The molecule has 8 atom stereocenters. The molecule has 8 heterocycles. The number of fused-ring (bicyclic) bond motifs is 4. The number of halogens is 2. The largest absolute Gasteiger partial charge is 0.394 e. The minimum atomic E-state index is -0.756. The predicted octanol–water partition coefficient (Wildman–Crippen LogP) is 4.86. The van der Waals surface area contributed by atoms with Crippen LogP contribution < -0.4 is 0 Å². The minimum Gasteiger partial charge on any atom is -0.394 e. The van der Waals surface area contributed by atoms with Gasteiger partial charge in [-0.05, 0) is 39.8 Å². The third-order valence-corrected chi connectivity index (χ3v) is 8.58. The highest BCUT2D eigenvalue weighted by Gasteiger charge is 2.57. The number of hydrogen-bond donors (Lipinski definition) is 1. The highest BCUT2D eigenvalue weighted by atomic mass is 35.5. The Morgan fingerprint density at radius 2 is 1.28 bits per heavy atom. The predicted molar refractivity (Wildman–Crippen MR) is 172 cm³/mol. The van der Waals surface area contributed by atoms with Crippen LogP contribution in [0.15, 0.2) is 37.2 Å². The van der Waals surface area contributed by atoms with E-state index in [0.717, 1.165) is 17.1 Å². The van der Waals surface area contributed by atoms with Gasteiger partial charge in [-0.2, -0.15) is 0 Å². The Labute approximate surface area is 283 Å². The molecule has 0 aromatic carbocycles. The van der Waals surface area contributed by atoms with Crippen LogP contribution in [0.3, 0.4) is 0 Å². The summed E-state index contributed by atoms with van der Waals surface area (Å²) in [5.41, 5.74) is 1.29. The number of aliphatic hydroxyl groups is 1. The molecule has 47 heavy (non-hydrogen) atoms. The first-order valence-electron chi connectivity index (χ1n) is 15.4. The van der Waals surface area contributed by atoms with Gasteiger partial charge in [0, 0.05) is 13.8 Å². The quantitative estimate of drug-likeness (QED) is 0.229. The number of aliphatic hydroxyl groups excluding tert-OH is 1. The number of rotatable bonds is 4. The molecule has 0 spiro atoms. The zero-order chi connectivity index (χ0) is 33.7. The molecule has 4 aliphatic heterocycles. The zero-order valence-electron chi connectivity index (χ0n) is 26.8. The van der Waals surface area contributed by atoms with E-state index in [1.165, 1.54) is 12.7 Å². The molecule has 4 aromatic rings. The first-order chi connectivity index (χ1) is 22.4. The Hall–Kier alpha value is -2.79. The molecule has 1 N–H and O–H groups in total. The summed E-state index contributed by atoms with van der Waals surface area (Å²) in [6, 6.07) is 3.65. The molecule has 4 aromatic heterocycles. The minimum absolute atomic E-state index is 0. The highest BCUT2D eigenvalue weighted by Crippen LogP contribution is 2.45. The van der Waals surface area contributed by atoms with Gasteiger partial charge in [0.15, 0.2) is 30.3 Å². The van der Waals surface area contributed by atoms with E-state index in [1.54, 1.807) is 17.7 Å². The average molecular weight is 697 g/mol. The number of ether oxygens (including phenoxy) is 6. The monoisotopic (exact) mass is 695 g/mol. The second-order valence-electron chi connectivity index (χ2n) is 11.8. The molecule has 4 aliphatic rings. The summed E-state index contributed by atoms with van der Waals surface area (Å²) in [4.78, 5) is 27.7. The van der Waals surface area contributed by atoms with Gasteiger partial charge in [-0.3, -0.25) is 0 Å². The Morgan fingerprint density at radius 3 is 1.77 bits per heavy atom. The first-order valence-corrected chi connectivity index (χ1v) is 15.5. The van der Waals surface area contributed by atoms with Crippen molar-refractivity contribution in [2.75, 3.05) is 6.61 Å². The summed E-state index contributed by atoms with van der Waals surface area (Å²) in [5, 5.41) is 11.8. The van der Waals surface area contributed by atoms with Crippen molar-refractivity contribution in [3.05, 3.63) is 47.5 Å². The second-order valence-corrected chi connectivity index (χ2v) is 12.5. The molecule has 14 nitrogen and oxygen atoms in total. The maximum absolute atomic E-state index is 11.3. The van der Waals surface area contributed by atoms with E-state index in [2.05, 4.69) is 19.9 Å². The lowest BCUT2D eigenvalue weighted by molar-refractivity contribution is -0.199. The topological polar surface area (TPSA) is 154 Å². The molecule has 0 aliphatic carbocycles. The van der Waals surface area contributed by atoms with Crippen LogP contribution in [-0.4, -0.2) is 95.3 Å². The lowest BCUT2D eigenvalue weighted by Gasteiger charge is -2.24. The molecule has 256 valence electrons. The maximum Gasteiger partial charge on any atom is 0.165 e. The van der Waals surface area contributed by atoms with Crippen molar-refractivity contribution >= 4 is 51.6 Å². The average Bonchev–Trinajstić information content (AvgIpc) is 3.85. The summed E-state index contributed by atoms with van der Waals surface area (Å²) in [6.07, 6.45) is 3.65. The van der Waals surface area contributed by atoms with E-state index in [9.17, 15) is 9.90 Å². The van der Waals surface area contributed by atoms with Crippen LogP contribution >= 0.6 is 23.2 Å². The van der Waals surface area contributed by atoms with Crippen molar-refractivity contribution in [3.8, 4) is 0 Å². The van der Waals surface area contributed by atoms with Gasteiger partial charge in [-0.25, -0.2) is 19.9 Å².